The van der Waals surface area contributed by atoms with Crippen LogP contribution < -0.4 is 25.4 Å². The molecule has 0 atom stereocenters. The standard InChI is InChI=1S/C20H29N5O2/c1-21-20(24-14-6-5-13-23-19-7-3-4-12-22-19)25-15-16-27-18-10-8-17(26-2)9-11-18/h3-4,7-12H,5-6,13-16H2,1-2H3,(H,22,23)(H2,21,24,25). The molecular formula is C20H29N5O2. The average Bonchev–Trinajstić information content (AvgIpc) is 2.73. The van der Waals surface area contributed by atoms with E-state index in [1.54, 1.807) is 20.4 Å². The molecule has 0 spiro atoms. The van der Waals surface area contributed by atoms with Crippen LogP contribution in [0.3, 0.4) is 0 Å². The van der Waals surface area contributed by atoms with Gasteiger partial charge in [0.1, 0.15) is 23.9 Å². The Bertz CT molecular complexity index is 662. The summed E-state index contributed by atoms with van der Waals surface area (Å²) in [4.78, 5) is 8.45. The van der Waals surface area contributed by atoms with Gasteiger partial charge in [-0.05, 0) is 49.2 Å². The molecule has 0 fully saturated rings. The number of nitrogens with zero attached hydrogens (tertiary/aromatic N) is 2. The highest BCUT2D eigenvalue weighted by Gasteiger charge is 1.99. The van der Waals surface area contributed by atoms with Crippen LogP contribution in [0.4, 0.5) is 5.82 Å². The summed E-state index contributed by atoms with van der Waals surface area (Å²) in [7, 11) is 3.41. The number of hydrogen-bond acceptors (Lipinski definition) is 5. The number of hydrogen-bond donors (Lipinski definition) is 3. The maximum Gasteiger partial charge on any atom is 0.191 e. The molecule has 0 radical (unpaired) electrons. The second kappa shape index (κ2) is 12.4. The van der Waals surface area contributed by atoms with Crippen LogP contribution in [0.15, 0.2) is 53.7 Å². The molecule has 0 unspecified atom stereocenters. The van der Waals surface area contributed by atoms with Crippen molar-refractivity contribution in [3.05, 3.63) is 48.7 Å². The Kier molecular flexibility index (Phi) is 9.35. The average molecular weight is 371 g/mol. The fourth-order valence-corrected chi connectivity index (χ4v) is 2.37. The summed E-state index contributed by atoms with van der Waals surface area (Å²) >= 11 is 0. The number of unbranched alkanes of at least 4 members (excludes halogenated alkanes) is 1. The van der Waals surface area contributed by atoms with Crippen molar-refractivity contribution in [2.75, 3.05) is 45.7 Å². The molecule has 0 aliphatic rings. The van der Waals surface area contributed by atoms with E-state index in [1.807, 2.05) is 42.5 Å². The highest BCUT2D eigenvalue weighted by Crippen LogP contribution is 2.16. The lowest BCUT2D eigenvalue weighted by Crippen LogP contribution is -2.39. The zero-order valence-corrected chi connectivity index (χ0v) is 16.1. The topological polar surface area (TPSA) is 79.8 Å². The van der Waals surface area contributed by atoms with Gasteiger partial charge in [-0.3, -0.25) is 4.99 Å². The van der Waals surface area contributed by atoms with E-state index in [9.17, 15) is 0 Å². The number of benzene rings is 1. The molecule has 2 rings (SSSR count). The molecule has 1 heterocycles. The van der Waals surface area contributed by atoms with Crippen molar-refractivity contribution < 1.29 is 9.47 Å². The van der Waals surface area contributed by atoms with Crippen molar-refractivity contribution in [2.24, 2.45) is 4.99 Å². The minimum Gasteiger partial charge on any atom is -0.497 e. The number of rotatable bonds is 11. The number of pyridine rings is 1. The molecule has 7 heteroatoms. The summed E-state index contributed by atoms with van der Waals surface area (Å²) in [6, 6.07) is 13.4. The first-order chi connectivity index (χ1) is 13.3. The summed E-state index contributed by atoms with van der Waals surface area (Å²) in [6.45, 7) is 3.00. The van der Waals surface area contributed by atoms with E-state index in [1.165, 1.54) is 0 Å². The van der Waals surface area contributed by atoms with Crippen LogP contribution in [-0.4, -0.2) is 51.3 Å². The van der Waals surface area contributed by atoms with E-state index in [0.717, 1.165) is 49.2 Å². The molecule has 27 heavy (non-hydrogen) atoms. The van der Waals surface area contributed by atoms with Crippen LogP contribution in [0.5, 0.6) is 11.5 Å². The Morgan fingerprint density at radius 2 is 1.70 bits per heavy atom. The van der Waals surface area contributed by atoms with Crippen molar-refractivity contribution >= 4 is 11.8 Å². The number of aliphatic imine (C=N–C) groups is 1. The van der Waals surface area contributed by atoms with Crippen molar-refractivity contribution in [3.8, 4) is 11.5 Å². The van der Waals surface area contributed by atoms with E-state index in [0.29, 0.717) is 13.2 Å². The Balaban J connectivity index is 1.51. The van der Waals surface area contributed by atoms with E-state index >= 15 is 0 Å². The zero-order chi connectivity index (χ0) is 19.2. The Labute approximate surface area is 161 Å². The first kappa shape index (κ1) is 20.4. The summed E-state index contributed by atoms with van der Waals surface area (Å²) < 4.78 is 10.8. The molecule has 2 aromatic rings. The number of nitrogens with one attached hydrogen (secondary N) is 3. The Hall–Kier alpha value is -2.96. The largest absolute Gasteiger partial charge is 0.497 e. The van der Waals surface area contributed by atoms with Crippen LogP contribution >= 0.6 is 0 Å². The molecule has 0 aliphatic carbocycles. The molecule has 1 aromatic carbocycles. The third-order valence-corrected chi connectivity index (χ3v) is 3.81. The number of methoxy groups -OCH3 is 1. The van der Waals surface area contributed by atoms with Gasteiger partial charge >= 0.3 is 0 Å². The third kappa shape index (κ3) is 8.31. The summed E-state index contributed by atoms with van der Waals surface area (Å²) in [6.07, 6.45) is 3.89. The quantitative estimate of drug-likeness (QED) is 0.320. The molecule has 0 saturated heterocycles. The number of guanidine groups is 1. The van der Waals surface area contributed by atoms with Gasteiger partial charge in [-0.1, -0.05) is 6.07 Å². The van der Waals surface area contributed by atoms with Gasteiger partial charge in [0.05, 0.1) is 13.7 Å². The molecule has 0 bridgehead atoms. The lowest BCUT2D eigenvalue weighted by Gasteiger charge is -2.13. The van der Waals surface area contributed by atoms with Gasteiger partial charge in [-0.15, -0.1) is 0 Å². The predicted octanol–water partition coefficient (Wildman–Crippen LogP) is 2.53. The zero-order valence-electron chi connectivity index (χ0n) is 16.1. The van der Waals surface area contributed by atoms with Crippen LogP contribution in [0.2, 0.25) is 0 Å². The summed E-state index contributed by atoms with van der Waals surface area (Å²) in [5.41, 5.74) is 0. The van der Waals surface area contributed by atoms with Crippen LogP contribution in [0.1, 0.15) is 12.8 Å². The van der Waals surface area contributed by atoms with E-state index in [-0.39, 0.29) is 0 Å². The third-order valence-electron chi connectivity index (χ3n) is 3.81. The van der Waals surface area contributed by atoms with Crippen LogP contribution in [0, 0.1) is 0 Å². The number of aromatic nitrogens is 1. The highest BCUT2D eigenvalue weighted by atomic mass is 16.5. The normalized spacial score (nSPS) is 11.0. The highest BCUT2D eigenvalue weighted by molar-refractivity contribution is 5.79. The maximum absolute atomic E-state index is 5.69. The van der Waals surface area contributed by atoms with E-state index < -0.39 is 0 Å². The smallest absolute Gasteiger partial charge is 0.191 e. The second-order valence-electron chi connectivity index (χ2n) is 5.80. The van der Waals surface area contributed by atoms with E-state index in [4.69, 9.17) is 9.47 Å². The van der Waals surface area contributed by atoms with Gasteiger partial charge in [-0.25, -0.2) is 4.98 Å². The molecular weight excluding hydrogens is 342 g/mol. The Morgan fingerprint density at radius 3 is 2.41 bits per heavy atom. The van der Waals surface area contributed by atoms with Crippen LogP contribution in [0.25, 0.3) is 0 Å². The molecule has 1 aromatic heterocycles. The van der Waals surface area contributed by atoms with Gasteiger partial charge in [0, 0.05) is 26.3 Å². The van der Waals surface area contributed by atoms with E-state index in [2.05, 4.69) is 25.9 Å². The molecule has 0 amide bonds. The fraction of sp³-hybridized carbons (Fsp3) is 0.400. The van der Waals surface area contributed by atoms with Crippen molar-refractivity contribution in [3.63, 3.8) is 0 Å². The van der Waals surface area contributed by atoms with Crippen molar-refractivity contribution in [1.82, 2.24) is 15.6 Å². The lowest BCUT2D eigenvalue weighted by atomic mass is 10.3. The monoisotopic (exact) mass is 371 g/mol. The van der Waals surface area contributed by atoms with Gasteiger partial charge in [0.2, 0.25) is 0 Å². The first-order valence-corrected chi connectivity index (χ1v) is 9.18. The summed E-state index contributed by atoms with van der Waals surface area (Å²) in [5, 5.41) is 9.85. The number of ether oxygens (including phenoxy) is 2. The number of anilines is 1. The SMILES string of the molecule is CN=C(NCCCCNc1ccccn1)NCCOc1ccc(OC)cc1. The molecule has 0 aliphatic heterocycles. The van der Waals surface area contributed by atoms with Crippen molar-refractivity contribution in [2.45, 2.75) is 12.8 Å². The summed E-state index contributed by atoms with van der Waals surface area (Å²) in [5.74, 6) is 3.34. The molecule has 0 saturated carbocycles. The minimum atomic E-state index is 0.557. The minimum absolute atomic E-state index is 0.557. The second-order valence-corrected chi connectivity index (χ2v) is 5.80. The van der Waals surface area contributed by atoms with Gasteiger partial charge in [0.15, 0.2) is 5.96 Å². The molecule has 7 nitrogen and oxygen atoms in total. The van der Waals surface area contributed by atoms with Gasteiger partial charge in [0.25, 0.3) is 0 Å². The fourth-order valence-electron chi connectivity index (χ4n) is 2.37. The maximum atomic E-state index is 5.69. The first-order valence-electron chi connectivity index (χ1n) is 9.18. The van der Waals surface area contributed by atoms with Crippen molar-refractivity contribution in [1.29, 1.82) is 0 Å². The molecule has 3 N–H and O–H groups in total. The van der Waals surface area contributed by atoms with Crippen LogP contribution in [-0.2, 0) is 0 Å². The Morgan fingerprint density at radius 1 is 0.963 bits per heavy atom. The van der Waals surface area contributed by atoms with Gasteiger partial charge in [-0.2, -0.15) is 0 Å². The predicted molar refractivity (Wildman–Crippen MR) is 110 cm³/mol. The lowest BCUT2D eigenvalue weighted by molar-refractivity contribution is 0.321. The molecule has 146 valence electrons. The van der Waals surface area contributed by atoms with Gasteiger partial charge < -0.3 is 25.4 Å².